The van der Waals surface area contributed by atoms with Gasteiger partial charge in [-0.15, -0.1) is 0 Å². The number of aromatic nitrogens is 1. The van der Waals surface area contributed by atoms with Crippen molar-refractivity contribution < 1.29 is 0 Å². The number of rotatable bonds is 2. The Morgan fingerprint density at radius 3 is 2.48 bits per heavy atom. The molecule has 3 unspecified atom stereocenters. The summed E-state index contributed by atoms with van der Waals surface area (Å²) < 4.78 is 2.54. The van der Waals surface area contributed by atoms with Gasteiger partial charge in [0.2, 0.25) is 0 Å². The van der Waals surface area contributed by atoms with E-state index >= 15 is 0 Å². The molecule has 0 radical (unpaired) electrons. The highest BCUT2D eigenvalue weighted by molar-refractivity contribution is 6.14. The van der Waals surface area contributed by atoms with Crippen LogP contribution in [0, 0.1) is 5.92 Å². The summed E-state index contributed by atoms with van der Waals surface area (Å²) in [5.41, 5.74) is 9.02. The van der Waals surface area contributed by atoms with Gasteiger partial charge in [-0.1, -0.05) is 123 Å². The highest BCUT2D eigenvalue weighted by Crippen LogP contribution is 2.54. The Kier molecular flexibility index (Phi) is 5.62. The second-order valence-electron chi connectivity index (χ2n) is 13.3. The molecule has 0 bridgehead atoms. The summed E-state index contributed by atoms with van der Waals surface area (Å²) in [6.45, 7) is 4.84. The number of hydrogen-bond donors (Lipinski definition) is 0. The van der Waals surface area contributed by atoms with Crippen molar-refractivity contribution in [1.82, 2.24) is 4.57 Å². The van der Waals surface area contributed by atoms with Crippen molar-refractivity contribution in [1.29, 1.82) is 0 Å². The summed E-state index contributed by atoms with van der Waals surface area (Å²) in [6.07, 6.45) is 16.7. The molecule has 0 amide bonds. The van der Waals surface area contributed by atoms with Gasteiger partial charge in [-0.2, -0.15) is 0 Å². The van der Waals surface area contributed by atoms with Crippen LogP contribution < -0.4 is 0 Å². The van der Waals surface area contributed by atoms with E-state index in [1.54, 1.807) is 0 Å². The lowest BCUT2D eigenvalue weighted by molar-refractivity contribution is 0.388. The van der Waals surface area contributed by atoms with Crippen LogP contribution in [0.5, 0.6) is 0 Å². The molecule has 2 heterocycles. The molecule has 0 saturated heterocycles. The van der Waals surface area contributed by atoms with Crippen LogP contribution >= 0.6 is 0 Å². The highest BCUT2D eigenvalue weighted by Gasteiger charge is 2.52. The molecule has 3 nitrogen and oxygen atoms in total. The second-order valence-corrected chi connectivity index (χ2v) is 13.3. The van der Waals surface area contributed by atoms with E-state index in [0.29, 0.717) is 5.92 Å². The average molecular weight is 570 g/mol. The molecule has 4 aromatic carbocycles. The van der Waals surface area contributed by atoms with Crippen LogP contribution in [0.15, 0.2) is 125 Å². The number of hydrogen-bond acceptors (Lipinski definition) is 2. The van der Waals surface area contributed by atoms with Crippen molar-refractivity contribution >= 4 is 39.4 Å². The first-order chi connectivity index (χ1) is 21.6. The molecule has 9 rings (SSSR count). The standard InChI is InChI=1S/C41H35N3/c1-41(2)34-24-30(26-13-5-3-6-14-26)21-22-32(34)38-37(41)40(43-39(42-38)27-15-7-4-8-16-27)44-35-20-12-11-19-31(35)33-23-28-17-9-10-18-29(28)25-36(33)44/h3-11,13,15-19,21-26,37-38H,12,14,20H2,1-2H3. The Balaban J connectivity index is 1.30. The van der Waals surface area contributed by atoms with E-state index in [4.69, 9.17) is 9.98 Å². The Morgan fingerprint density at radius 2 is 1.66 bits per heavy atom. The number of aliphatic imine (C=N–C) groups is 2. The van der Waals surface area contributed by atoms with Crippen molar-refractivity contribution in [2.75, 3.05) is 0 Å². The molecular weight excluding hydrogens is 534 g/mol. The predicted octanol–water partition coefficient (Wildman–Crippen LogP) is 9.71. The summed E-state index contributed by atoms with van der Waals surface area (Å²) in [6, 6.07) is 31.3. The van der Waals surface area contributed by atoms with Crippen LogP contribution in [0.4, 0.5) is 0 Å². The number of nitrogens with zero attached hydrogens (tertiary/aromatic N) is 3. The zero-order chi connectivity index (χ0) is 29.4. The third kappa shape index (κ3) is 3.75. The SMILES string of the molecule is CC1(C)c2cc(C3C=CC=CC3)ccc2C2N=C(c3ccccc3)N=C(n3c4c(c5cc6ccccc6cc53)C=CCC4)C21. The maximum atomic E-state index is 5.55. The number of benzene rings is 4. The number of allylic oxidation sites excluding steroid dienone is 5. The zero-order valence-corrected chi connectivity index (χ0v) is 25.2. The topological polar surface area (TPSA) is 29.6 Å². The van der Waals surface area contributed by atoms with Gasteiger partial charge in [0.05, 0.1) is 17.5 Å². The third-order valence-electron chi connectivity index (χ3n) is 10.4. The van der Waals surface area contributed by atoms with Crippen LogP contribution in [0.1, 0.15) is 72.2 Å². The molecular formula is C41H35N3. The fourth-order valence-corrected chi connectivity index (χ4v) is 8.22. The van der Waals surface area contributed by atoms with Gasteiger partial charge < -0.3 is 4.57 Å². The van der Waals surface area contributed by atoms with E-state index in [1.165, 1.54) is 49.6 Å². The first kappa shape index (κ1) is 25.7. The van der Waals surface area contributed by atoms with Gasteiger partial charge in [0.1, 0.15) is 5.84 Å². The molecule has 3 atom stereocenters. The predicted molar refractivity (Wildman–Crippen MR) is 184 cm³/mol. The number of fused-ring (bicyclic) bond motifs is 7. The minimum atomic E-state index is -0.153. The third-order valence-corrected chi connectivity index (χ3v) is 10.4. The fraction of sp³-hybridized carbons (Fsp3) is 0.220. The van der Waals surface area contributed by atoms with Gasteiger partial charge in [0.15, 0.2) is 5.84 Å². The summed E-state index contributed by atoms with van der Waals surface area (Å²) >= 11 is 0. The molecule has 4 aliphatic rings. The summed E-state index contributed by atoms with van der Waals surface area (Å²) in [5, 5.41) is 3.85. The average Bonchev–Trinajstić information content (AvgIpc) is 3.51. The Morgan fingerprint density at radius 1 is 0.841 bits per heavy atom. The molecule has 0 spiro atoms. The van der Waals surface area contributed by atoms with E-state index in [2.05, 4.69) is 140 Å². The van der Waals surface area contributed by atoms with Crippen molar-refractivity contribution in [3.8, 4) is 0 Å². The lowest BCUT2D eigenvalue weighted by atomic mass is 9.75. The second kappa shape index (κ2) is 9.62. The van der Waals surface area contributed by atoms with E-state index in [1.807, 2.05) is 0 Å². The van der Waals surface area contributed by atoms with Gasteiger partial charge >= 0.3 is 0 Å². The van der Waals surface area contributed by atoms with Crippen molar-refractivity contribution in [2.24, 2.45) is 15.9 Å². The van der Waals surface area contributed by atoms with E-state index in [9.17, 15) is 0 Å². The monoisotopic (exact) mass is 569 g/mol. The molecule has 44 heavy (non-hydrogen) atoms. The number of amidine groups is 1. The van der Waals surface area contributed by atoms with Gasteiger partial charge in [-0.05, 0) is 58.9 Å². The normalized spacial score (nSPS) is 22.9. The largest absolute Gasteiger partial charge is 0.301 e. The Labute approximate surface area is 258 Å². The highest BCUT2D eigenvalue weighted by atomic mass is 15.2. The summed E-state index contributed by atoms with van der Waals surface area (Å²) in [5.74, 6) is 2.49. The molecule has 0 saturated carbocycles. The van der Waals surface area contributed by atoms with Gasteiger partial charge in [-0.3, -0.25) is 4.99 Å². The minimum absolute atomic E-state index is 0.00578. The summed E-state index contributed by atoms with van der Waals surface area (Å²) in [7, 11) is 0. The van der Waals surface area contributed by atoms with Crippen LogP contribution in [-0.2, 0) is 11.8 Å². The Hall–Kier alpha value is -4.76. The quantitative estimate of drug-likeness (QED) is 0.203. The Bertz CT molecular complexity index is 2130. The van der Waals surface area contributed by atoms with E-state index < -0.39 is 0 Å². The smallest absolute Gasteiger partial charge is 0.157 e. The van der Waals surface area contributed by atoms with Crippen molar-refractivity contribution in [2.45, 2.75) is 50.5 Å². The van der Waals surface area contributed by atoms with Gasteiger partial charge in [-0.25, -0.2) is 4.99 Å². The van der Waals surface area contributed by atoms with Crippen LogP contribution in [0.3, 0.4) is 0 Å². The molecule has 3 heteroatoms. The van der Waals surface area contributed by atoms with Crippen LogP contribution in [0.2, 0.25) is 0 Å². The molecule has 1 aromatic heterocycles. The first-order valence-electron chi connectivity index (χ1n) is 16.0. The van der Waals surface area contributed by atoms with E-state index in [-0.39, 0.29) is 17.4 Å². The lowest BCUT2D eigenvalue weighted by Crippen LogP contribution is -2.40. The minimum Gasteiger partial charge on any atom is -0.301 e. The molecule has 0 N–H and O–H groups in total. The first-order valence-corrected chi connectivity index (χ1v) is 16.0. The van der Waals surface area contributed by atoms with Gasteiger partial charge in [0.25, 0.3) is 0 Å². The maximum absolute atomic E-state index is 5.55. The molecule has 214 valence electrons. The summed E-state index contributed by atoms with van der Waals surface area (Å²) in [4.78, 5) is 11.0. The molecule has 0 fully saturated rings. The molecule has 5 aromatic rings. The van der Waals surface area contributed by atoms with Crippen molar-refractivity contribution in [3.05, 3.63) is 149 Å². The van der Waals surface area contributed by atoms with Crippen molar-refractivity contribution in [3.63, 3.8) is 0 Å². The van der Waals surface area contributed by atoms with Gasteiger partial charge in [0, 0.05) is 33.5 Å². The molecule has 1 aliphatic heterocycles. The van der Waals surface area contributed by atoms with E-state index in [0.717, 1.165) is 36.5 Å². The van der Waals surface area contributed by atoms with Crippen LogP contribution in [0.25, 0.3) is 27.8 Å². The molecule has 3 aliphatic carbocycles. The lowest BCUT2D eigenvalue weighted by Gasteiger charge is -2.35. The maximum Gasteiger partial charge on any atom is 0.157 e. The fourth-order valence-electron chi connectivity index (χ4n) is 8.22. The van der Waals surface area contributed by atoms with Crippen LogP contribution in [-0.4, -0.2) is 16.2 Å². The zero-order valence-electron chi connectivity index (χ0n) is 25.2.